The second-order valence-corrected chi connectivity index (χ2v) is 4.47. The van der Waals surface area contributed by atoms with E-state index < -0.39 is 13.8 Å². The molecule has 0 fully saturated rings. The lowest BCUT2D eigenvalue weighted by Gasteiger charge is -2.11. The Morgan fingerprint density at radius 2 is 2.06 bits per heavy atom. The Hall–Kier alpha value is -1.62. The van der Waals surface area contributed by atoms with Crippen LogP contribution in [0.1, 0.15) is 5.56 Å². The fourth-order valence-electron chi connectivity index (χ4n) is 1.25. The van der Waals surface area contributed by atoms with Gasteiger partial charge in [0.2, 0.25) is 0 Å². The van der Waals surface area contributed by atoms with Crippen LogP contribution in [0.4, 0.5) is 0 Å². The summed E-state index contributed by atoms with van der Waals surface area (Å²) in [5.74, 6) is -0.483. The molecule has 0 heterocycles. The van der Waals surface area contributed by atoms with Crippen LogP contribution in [-0.2, 0) is 20.5 Å². The number of phosphoric ester groups is 1. The minimum Gasteiger partial charge on any atom is -0.462 e. The minimum atomic E-state index is -4.60. The summed E-state index contributed by atoms with van der Waals surface area (Å²) in [5.41, 5.74) is 0.540. The zero-order chi connectivity index (χ0) is 13.6. The Morgan fingerprint density at radius 3 is 2.67 bits per heavy atom. The molecule has 0 atom stereocenters. The van der Waals surface area contributed by atoms with Gasteiger partial charge >= 0.3 is 13.8 Å². The molecule has 0 saturated carbocycles. The summed E-state index contributed by atoms with van der Waals surface area (Å²) >= 11 is 0. The molecule has 0 saturated heterocycles. The number of para-hydroxylation sites is 1. The van der Waals surface area contributed by atoms with Gasteiger partial charge in [0.1, 0.15) is 5.75 Å². The summed E-state index contributed by atoms with van der Waals surface area (Å²) in [4.78, 5) is 28.3. The highest BCUT2D eigenvalue weighted by Crippen LogP contribution is 2.39. The standard InChI is InChI=1S/C11H13O6P/c1-2-11(12)16-8-7-9-5-3-4-6-10(9)17-18(13,14)15/h2-6H,1,7-8H2,(H2,13,14,15). The lowest BCUT2D eigenvalue weighted by atomic mass is 10.1. The molecule has 1 aromatic carbocycles. The highest BCUT2D eigenvalue weighted by molar-refractivity contribution is 7.46. The maximum atomic E-state index is 10.8. The van der Waals surface area contributed by atoms with Crippen molar-refractivity contribution in [3.8, 4) is 5.75 Å². The Labute approximate surface area is 104 Å². The molecule has 1 rings (SSSR count). The van der Waals surface area contributed by atoms with E-state index in [1.54, 1.807) is 18.2 Å². The third-order valence-electron chi connectivity index (χ3n) is 1.97. The molecule has 0 spiro atoms. The SMILES string of the molecule is C=CC(=O)OCCc1ccccc1OP(=O)(O)O. The molecule has 7 heteroatoms. The van der Waals surface area contributed by atoms with Crippen molar-refractivity contribution in [3.63, 3.8) is 0 Å². The van der Waals surface area contributed by atoms with E-state index in [9.17, 15) is 9.36 Å². The van der Waals surface area contributed by atoms with Crippen molar-refractivity contribution in [2.45, 2.75) is 6.42 Å². The number of hydrogen-bond acceptors (Lipinski definition) is 4. The van der Waals surface area contributed by atoms with Crippen molar-refractivity contribution in [1.82, 2.24) is 0 Å². The molecule has 0 amide bonds. The first-order valence-corrected chi connectivity index (χ1v) is 6.57. The Bertz CT molecular complexity index is 478. The molecule has 0 radical (unpaired) electrons. The van der Waals surface area contributed by atoms with Gasteiger partial charge in [-0.25, -0.2) is 9.36 Å². The van der Waals surface area contributed by atoms with Crippen LogP contribution in [0.15, 0.2) is 36.9 Å². The number of phosphoric acid groups is 1. The Balaban J connectivity index is 2.67. The third kappa shape index (κ3) is 5.14. The lowest BCUT2D eigenvalue weighted by molar-refractivity contribution is -0.137. The number of esters is 1. The summed E-state index contributed by atoms with van der Waals surface area (Å²) < 4.78 is 20.1. The van der Waals surface area contributed by atoms with Crippen LogP contribution in [0, 0.1) is 0 Å². The largest absolute Gasteiger partial charge is 0.524 e. The van der Waals surface area contributed by atoms with E-state index in [2.05, 4.69) is 11.1 Å². The molecule has 0 aliphatic rings. The first kappa shape index (κ1) is 14.4. The number of hydrogen-bond donors (Lipinski definition) is 2. The molecule has 0 bridgehead atoms. The van der Waals surface area contributed by atoms with Crippen molar-refractivity contribution in [3.05, 3.63) is 42.5 Å². The van der Waals surface area contributed by atoms with E-state index >= 15 is 0 Å². The third-order valence-corrected chi connectivity index (χ3v) is 2.41. The van der Waals surface area contributed by atoms with Gasteiger partial charge in [0.15, 0.2) is 0 Å². The fourth-order valence-corrected chi connectivity index (χ4v) is 1.68. The van der Waals surface area contributed by atoms with Crippen LogP contribution in [0.2, 0.25) is 0 Å². The van der Waals surface area contributed by atoms with Gasteiger partial charge in [-0.2, -0.15) is 0 Å². The number of carbonyl (C=O) groups excluding carboxylic acids is 1. The van der Waals surface area contributed by atoms with Crippen molar-refractivity contribution < 1.29 is 28.4 Å². The molecule has 98 valence electrons. The first-order valence-electron chi connectivity index (χ1n) is 5.04. The molecule has 0 aromatic heterocycles. The average molecular weight is 272 g/mol. The van der Waals surface area contributed by atoms with Crippen LogP contribution in [0.3, 0.4) is 0 Å². The smallest absolute Gasteiger partial charge is 0.462 e. The Morgan fingerprint density at radius 1 is 1.39 bits per heavy atom. The summed E-state index contributed by atoms with van der Waals surface area (Å²) in [6.45, 7) is 3.33. The number of ether oxygens (including phenoxy) is 1. The van der Waals surface area contributed by atoms with Crippen LogP contribution >= 0.6 is 7.82 Å². The quantitative estimate of drug-likeness (QED) is 0.462. The van der Waals surface area contributed by atoms with Crippen molar-refractivity contribution >= 4 is 13.8 Å². The average Bonchev–Trinajstić information content (AvgIpc) is 2.29. The molecule has 0 aliphatic heterocycles. The molecule has 2 N–H and O–H groups in total. The molecule has 1 aromatic rings. The second kappa shape index (κ2) is 6.35. The molecule has 0 unspecified atom stereocenters. The number of carbonyl (C=O) groups is 1. The van der Waals surface area contributed by atoms with Crippen LogP contribution in [0.25, 0.3) is 0 Å². The zero-order valence-electron chi connectivity index (χ0n) is 9.48. The fraction of sp³-hybridized carbons (Fsp3) is 0.182. The highest BCUT2D eigenvalue weighted by atomic mass is 31.2. The van der Waals surface area contributed by atoms with Gasteiger partial charge < -0.3 is 9.26 Å². The van der Waals surface area contributed by atoms with Gasteiger partial charge in [0, 0.05) is 12.5 Å². The molecular weight excluding hydrogens is 259 g/mol. The van der Waals surface area contributed by atoms with E-state index in [0.717, 1.165) is 6.08 Å². The zero-order valence-corrected chi connectivity index (χ0v) is 10.4. The van der Waals surface area contributed by atoms with Gasteiger partial charge in [0.25, 0.3) is 0 Å². The van der Waals surface area contributed by atoms with Gasteiger partial charge in [-0.05, 0) is 11.6 Å². The maximum Gasteiger partial charge on any atom is 0.524 e. The van der Waals surface area contributed by atoms with Crippen molar-refractivity contribution in [2.75, 3.05) is 6.61 Å². The predicted octanol–water partition coefficient (Wildman–Crippen LogP) is 1.43. The van der Waals surface area contributed by atoms with Crippen LogP contribution in [0.5, 0.6) is 5.75 Å². The summed E-state index contributed by atoms with van der Waals surface area (Å²) in [6.07, 6.45) is 1.33. The Kier molecular flexibility index (Phi) is 5.09. The van der Waals surface area contributed by atoms with E-state index in [1.165, 1.54) is 6.07 Å². The minimum absolute atomic E-state index is 0.0699. The number of benzene rings is 1. The van der Waals surface area contributed by atoms with E-state index in [0.29, 0.717) is 5.56 Å². The molecule has 6 nitrogen and oxygen atoms in total. The van der Waals surface area contributed by atoms with Gasteiger partial charge in [0.05, 0.1) is 6.61 Å². The monoisotopic (exact) mass is 272 g/mol. The number of rotatable bonds is 6. The van der Waals surface area contributed by atoms with E-state index in [-0.39, 0.29) is 18.8 Å². The molecule has 18 heavy (non-hydrogen) atoms. The lowest BCUT2D eigenvalue weighted by Crippen LogP contribution is -2.05. The summed E-state index contributed by atoms with van der Waals surface area (Å²) in [5, 5.41) is 0. The second-order valence-electron chi connectivity index (χ2n) is 3.31. The summed E-state index contributed by atoms with van der Waals surface area (Å²) in [7, 11) is -4.60. The van der Waals surface area contributed by atoms with Gasteiger partial charge in [-0.3, -0.25) is 9.79 Å². The summed E-state index contributed by atoms with van der Waals surface area (Å²) in [6, 6.07) is 6.35. The van der Waals surface area contributed by atoms with E-state index in [1.807, 2.05) is 0 Å². The normalized spacial score (nSPS) is 10.8. The van der Waals surface area contributed by atoms with Crippen molar-refractivity contribution in [1.29, 1.82) is 0 Å². The molecule has 0 aliphatic carbocycles. The predicted molar refractivity (Wildman–Crippen MR) is 64.0 cm³/mol. The highest BCUT2D eigenvalue weighted by Gasteiger charge is 2.17. The van der Waals surface area contributed by atoms with E-state index in [4.69, 9.17) is 14.5 Å². The van der Waals surface area contributed by atoms with Crippen molar-refractivity contribution in [2.24, 2.45) is 0 Å². The molecular formula is C11H13O6P. The van der Waals surface area contributed by atoms with Crippen LogP contribution < -0.4 is 4.52 Å². The van der Waals surface area contributed by atoms with Gasteiger partial charge in [-0.15, -0.1) is 0 Å². The van der Waals surface area contributed by atoms with Crippen LogP contribution in [-0.4, -0.2) is 22.4 Å². The first-order chi connectivity index (χ1) is 8.42. The van der Waals surface area contributed by atoms with Gasteiger partial charge in [-0.1, -0.05) is 24.8 Å². The maximum absolute atomic E-state index is 10.8. The topological polar surface area (TPSA) is 93.1 Å².